The average molecular weight is 365 g/mol. The molecule has 0 saturated heterocycles. The molecule has 3 aromatic rings. The minimum absolute atomic E-state index is 0.271. The van der Waals surface area contributed by atoms with Gasteiger partial charge >= 0.3 is 0 Å². The Kier molecular flexibility index (Phi) is 12.6. The lowest BCUT2D eigenvalue weighted by Gasteiger charge is -1.93. The van der Waals surface area contributed by atoms with Crippen LogP contribution < -0.4 is 10.6 Å². The van der Waals surface area contributed by atoms with Crippen molar-refractivity contribution in [3.05, 3.63) is 96.6 Å². The van der Waals surface area contributed by atoms with Crippen LogP contribution in [0.1, 0.15) is 32.3 Å². The molecule has 136 valence electrons. The molecule has 0 fully saturated rings. The van der Waals surface area contributed by atoms with E-state index in [2.05, 4.69) is 97.9 Å². The van der Waals surface area contributed by atoms with Crippen LogP contribution in [0.15, 0.2) is 91.0 Å². The molecule has 26 heavy (non-hydrogen) atoms. The molecule has 0 amide bonds. The summed E-state index contributed by atoms with van der Waals surface area (Å²) >= 11 is 0. The standard InChI is InChI=1S/C12H11P.C9H12.C3H6O/c1-3-7-11(8-4-1)13-12-9-5-2-6-10-12;1-2-6-9-7-4-3-5-8-9;1-2-3-4/h1-10,13H;3-5,7-8H,2,6H2,1H3;3H,2H2,1H3/p+1. The van der Waals surface area contributed by atoms with Crippen molar-refractivity contribution >= 4 is 25.5 Å². The molecule has 0 spiro atoms. The lowest BCUT2D eigenvalue weighted by molar-refractivity contribution is -0.107. The van der Waals surface area contributed by atoms with Crippen molar-refractivity contribution in [3.63, 3.8) is 0 Å². The van der Waals surface area contributed by atoms with Crippen LogP contribution in [0.5, 0.6) is 0 Å². The van der Waals surface area contributed by atoms with Crippen molar-refractivity contribution in [2.45, 2.75) is 33.1 Å². The van der Waals surface area contributed by atoms with Crippen LogP contribution in [0, 0.1) is 0 Å². The first-order valence-corrected chi connectivity index (χ1v) is 10.4. The van der Waals surface area contributed by atoms with Crippen molar-refractivity contribution in [1.82, 2.24) is 0 Å². The molecule has 0 atom stereocenters. The molecule has 0 saturated carbocycles. The fourth-order valence-corrected chi connectivity index (χ4v) is 3.44. The normalized spacial score (nSPS) is 9.15. The fourth-order valence-electron chi connectivity index (χ4n) is 2.22. The zero-order valence-electron chi connectivity index (χ0n) is 15.8. The zero-order valence-corrected chi connectivity index (χ0v) is 17.0. The van der Waals surface area contributed by atoms with Gasteiger partial charge in [-0.3, -0.25) is 0 Å². The molecular formula is C24H30OP+. The topological polar surface area (TPSA) is 17.1 Å². The van der Waals surface area contributed by atoms with Crippen molar-refractivity contribution in [2.75, 3.05) is 0 Å². The monoisotopic (exact) mass is 365 g/mol. The molecule has 0 N–H and O–H groups in total. The zero-order chi connectivity index (χ0) is 18.9. The summed E-state index contributed by atoms with van der Waals surface area (Å²) in [6, 6.07) is 31.9. The average Bonchev–Trinajstić information content (AvgIpc) is 2.71. The minimum Gasteiger partial charge on any atom is -0.303 e. The van der Waals surface area contributed by atoms with Crippen LogP contribution >= 0.6 is 8.58 Å². The summed E-state index contributed by atoms with van der Waals surface area (Å²) < 4.78 is 0. The van der Waals surface area contributed by atoms with Gasteiger partial charge in [0.2, 0.25) is 0 Å². The maximum Gasteiger partial charge on any atom is 0.119 e. The molecular weight excluding hydrogens is 335 g/mol. The highest BCUT2D eigenvalue weighted by atomic mass is 31.1. The van der Waals surface area contributed by atoms with Crippen LogP contribution in [0.25, 0.3) is 0 Å². The molecule has 0 aliphatic rings. The number of carbonyl (C=O) groups is 1. The Bertz CT molecular complexity index is 644. The van der Waals surface area contributed by atoms with Gasteiger partial charge < -0.3 is 4.79 Å². The molecule has 0 radical (unpaired) electrons. The highest BCUT2D eigenvalue weighted by Gasteiger charge is 2.00. The molecule has 0 aliphatic heterocycles. The van der Waals surface area contributed by atoms with Gasteiger partial charge in [-0.2, -0.15) is 0 Å². The number of rotatable bonds is 5. The number of benzene rings is 3. The molecule has 0 aliphatic carbocycles. The highest BCUT2D eigenvalue weighted by Crippen LogP contribution is 2.08. The fraction of sp³-hybridized carbons (Fsp3) is 0.208. The lowest BCUT2D eigenvalue weighted by Crippen LogP contribution is -2.01. The molecule has 3 rings (SSSR count). The van der Waals surface area contributed by atoms with E-state index < -0.39 is 0 Å². The van der Waals surface area contributed by atoms with E-state index in [1.54, 1.807) is 0 Å². The van der Waals surface area contributed by atoms with Crippen LogP contribution in [-0.2, 0) is 11.2 Å². The van der Waals surface area contributed by atoms with E-state index in [1.165, 1.54) is 29.0 Å². The van der Waals surface area contributed by atoms with Gasteiger partial charge in [0, 0.05) is 6.42 Å². The van der Waals surface area contributed by atoms with E-state index in [1.807, 2.05) is 6.92 Å². The summed E-state index contributed by atoms with van der Waals surface area (Å²) in [7, 11) is 0.271. The number of aryl methyl sites for hydroxylation is 1. The maximum absolute atomic E-state index is 9.17. The number of aldehydes is 1. The van der Waals surface area contributed by atoms with Gasteiger partial charge in [-0.1, -0.05) is 87.0 Å². The summed E-state index contributed by atoms with van der Waals surface area (Å²) in [5, 5.41) is 2.90. The summed E-state index contributed by atoms with van der Waals surface area (Å²) in [5.41, 5.74) is 1.44. The summed E-state index contributed by atoms with van der Waals surface area (Å²) in [4.78, 5) is 9.17. The van der Waals surface area contributed by atoms with E-state index in [-0.39, 0.29) is 8.58 Å². The Morgan fingerprint density at radius 2 is 1.08 bits per heavy atom. The van der Waals surface area contributed by atoms with Gasteiger partial charge in [-0.15, -0.1) is 0 Å². The smallest absolute Gasteiger partial charge is 0.119 e. The number of hydrogen-bond acceptors (Lipinski definition) is 1. The van der Waals surface area contributed by atoms with Gasteiger partial charge in [0.25, 0.3) is 0 Å². The van der Waals surface area contributed by atoms with E-state index in [0.717, 1.165) is 6.29 Å². The Morgan fingerprint density at radius 3 is 1.42 bits per heavy atom. The summed E-state index contributed by atoms with van der Waals surface area (Å²) in [6.07, 6.45) is 3.96. The van der Waals surface area contributed by atoms with E-state index in [4.69, 9.17) is 0 Å². The minimum atomic E-state index is 0.271. The first-order valence-electron chi connectivity index (χ1n) is 9.22. The SMILES string of the molecule is CCC=O.CCCc1ccccc1.c1ccc([PH2+]c2ccccc2)cc1. The second kappa shape index (κ2) is 15.0. The van der Waals surface area contributed by atoms with Crippen molar-refractivity contribution in [1.29, 1.82) is 0 Å². The second-order valence-electron chi connectivity index (χ2n) is 5.78. The van der Waals surface area contributed by atoms with Crippen molar-refractivity contribution < 1.29 is 4.79 Å². The largest absolute Gasteiger partial charge is 0.303 e. The molecule has 2 heteroatoms. The third-order valence-corrected chi connectivity index (χ3v) is 4.92. The predicted molar refractivity (Wildman–Crippen MR) is 119 cm³/mol. The highest BCUT2D eigenvalue weighted by molar-refractivity contribution is 7.55. The maximum atomic E-state index is 9.17. The van der Waals surface area contributed by atoms with E-state index in [0.29, 0.717) is 6.42 Å². The molecule has 0 bridgehead atoms. The first-order chi connectivity index (χ1) is 12.8. The second-order valence-corrected chi connectivity index (χ2v) is 7.40. The predicted octanol–water partition coefficient (Wildman–Crippen LogP) is 5.28. The van der Waals surface area contributed by atoms with Crippen LogP contribution in [0.4, 0.5) is 0 Å². The summed E-state index contributed by atoms with van der Waals surface area (Å²) in [6.45, 7) is 4.01. The molecule has 0 unspecified atom stereocenters. The van der Waals surface area contributed by atoms with Gasteiger partial charge in [0.05, 0.1) is 19.2 Å². The molecule has 0 heterocycles. The molecule has 0 aromatic heterocycles. The van der Waals surface area contributed by atoms with Crippen LogP contribution in [0.2, 0.25) is 0 Å². The molecule has 1 nitrogen and oxygen atoms in total. The summed E-state index contributed by atoms with van der Waals surface area (Å²) in [5.74, 6) is 0. The Hall–Kier alpha value is -2.24. The van der Waals surface area contributed by atoms with Crippen molar-refractivity contribution in [2.24, 2.45) is 0 Å². The van der Waals surface area contributed by atoms with Crippen LogP contribution in [0.3, 0.4) is 0 Å². The Labute approximate surface area is 160 Å². The third-order valence-electron chi connectivity index (χ3n) is 3.48. The van der Waals surface area contributed by atoms with Gasteiger partial charge in [0.15, 0.2) is 0 Å². The third kappa shape index (κ3) is 10.6. The first kappa shape index (κ1) is 21.8. The Morgan fingerprint density at radius 1 is 0.692 bits per heavy atom. The lowest BCUT2D eigenvalue weighted by atomic mass is 10.1. The number of carbonyl (C=O) groups excluding carboxylic acids is 1. The van der Waals surface area contributed by atoms with Gasteiger partial charge in [-0.25, -0.2) is 0 Å². The van der Waals surface area contributed by atoms with Gasteiger partial charge in [0.1, 0.15) is 6.29 Å². The van der Waals surface area contributed by atoms with Crippen molar-refractivity contribution in [3.8, 4) is 0 Å². The Balaban J connectivity index is 0.000000227. The van der Waals surface area contributed by atoms with Crippen LogP contribution in [-0.4, -0.2) is 6.29 Å². The quantitative estimate of drug-likeness (QED) is 0.444. The van der Waals surface area contributed by atoms with Gasteiger partial charge in [-0.05, 0) is 36.2 Å². The number of hydrogen-bond donors (Lipinski definition) is 0. The molecule has 3 aromatic carbocycles. The van der Waals surface area contributed by atoms with E-state index in [9.17, 15) is 4.79 Å². The van der Waals surface area contributed by atoms with E-state index >= 15 is 0 Å².